The molecule has 29 heavy (non-hydrogen) atoms. The molecular formula is C24H31NO4. The van der Waals surface area contributed by atoms with E-state index in [1.807, 2.05) is 30.3 Å². The van der Waals surface area contributed by atoms with Gasteiger partial charge >= 0.3 is 0 Å². The number of phenols is 1. The Kier molecular flexibility index (Phi) is 7.29. The van der Waals surface area contributed by atoms with E-state index in [-0.39, 0.29) is 17.6 Å². The zero-order valence-electron chi connectivity index (χ0n) is 17.3. The van der Waals surface area contributed by atoms with Crippen molar-refractivity contribution in [2.75, 3.05) is 13.7 Å². The molecule has 0 radical (unpaired) electrons. The Morgan fingerprint density at radius 3 is 2.66 bits per heavy atom. The van der Waals surface area contributed by atoms with Gasteiger partial charge in [0.1, 0.15) is 5.78 Å². The van der Waals surface area contributed by atoms with E-state index in [9.17, 15) is 9.90 Å². The molecule has 1 saturated heterocycles. The van der Waals surface area contributed by atoms with Crippen molar-refractivity contribution in [1.82, 2.24) is 0 Å². The van der Waals surface area contributed by atoms with Crippen LogP contribution in [-0.4, -0.2) is 30.7 Å². The molecule has 0 amide bonds. The number of methoxy groups -OCH3 is 1. The molecule has 0 spiro atoms. The summed E-state index contributed by atoms with van der Waals surface area (Å²) in [6.07, 6.45) is 3.58. The van der Waals surface area contributed by atoms with Gasteiger partial charge in [0.2, 0.25) is 0 Å². The Bertz CT molecular complexity index is 832. The molecule has 0 saturated carbocycles. The highest BCUT2D eigenvalue weighted by molar-refractivity contribution is 5.81. The molecule has 2 atom stereocenters. The summed E-state index contributed by atoms with van der Waals surface area (Å²) in [5.41, 5.74) is 9.47. The van der Waals surface area contributed by atoms with Crippen molar-refractivity contribution in [3.63, 3.8) is 0 Å². The van der Waals surface area contributed by atoms with Gasteiger partial charge in [-0.05, 0) is 47.9 Å². The monoisotopic (exact) mass is 397 g/mol. The van der Waals surface area contributed by atoms with Crippen LogP contribution in [0, 0.1) is 5.92 Å². The molecule has 1 aliphatic rings. The Hall–Kier alpha value is -2.37. The lowest BCUT2D eigenvalue weighted by molar-refractivity contribution is -0.123. The molecule has 3 N–H and O–H groups in total. The van der Waals surface area contributed by atoms with Crippen LogP contribution in [0.25, 0.3) is 11.1 Å². The molecule has 1 fully saturated rings. The first kappa shape index (κ1) is 21.3. The van der Waals surface area contributed by atoms with Gasteiger partial charge in [0.15, 0.2) is 11.5 Å². The van der Waals surface area contributed by atoms with Crippen molar-refractivity contribution in [2.24, 2.45) is 11.7 Å². The Morgan fingerprint density at radius 1 is 1.24 bits per heavy atom. The minimum absolute atomic E-state index is 0.0453. The molecule has 0 bridgehead atoms. The molecule has 1 aliphatic heterocycles. The van der Waals surface area contributed by atoms with Gasteiger partial charge in [-0.1, -0.05) is 37.3 Å². The number of nitrogens with two attached hydrogens (primary N) is 1. The summed E-state index contributed by atoms with van der Waals surface area (Å²) in [7, 11) is 1.54. The van der Waals surface area contributed by atoms with Crippen molar-refractivity contribution >= 4 is 5.78 Å². The number of rotatable bonds is 8. The molecule has 0 aliphatic carbocycles. The number of benzene rings is 2. The summed E-state index contributed by atoms with van der Waals surface area (Å²) >= 11 is 0. The number of carbonyl (C=O) groups excluding carboxylic acids is 1. The fraction of sp³-hybridized carbons (Fsp3) is 0.458. The number of Topliss-reactive ketones (excluding diaryl/α,β-unsaturated/α-hetero) is 1. The maximum atomic E-state index is 12.6. The van der Waals surface area contributed by atoms with Crippen LogP contribution >= 0.6 is 0 Å². The van der Waals surface area contributed by atoms with Crippen molar-refractivity contribution in [3.05, 3.63) is 47.5 Å². The van der Waals surface area contributed by atoms with E-state index in [2.05, 4.69) is 6.92 Å². The molecule has 0 aromatic heterocycles. The number of hydrogen-bond donors (Lipinski definition) is 2. The lowest BCUT2D eigenvalue weighted by atomic mass is 9.91. The van der Waals surface area contributed by atoms with Crippen LogP contribution in [0.5, 0.6) is 11.5 Å². The van der Waals surface area contributed by atoms with E-state index in [4.69, 9.17) is 15.2 Å². The molecule has 5 heteroatoms. The molecule has 156 valence electrons. The third-order valence-electron chi connectivity index (χ3n) is 5.66. The van der Waals surface area contributed by atoms with Crippen molar-refractivity contribution in [3.8, 4) is 22.6 Å². The SMILES string of the molecule is COc1c(O)ccc(CCC(=O)CC2CC(C)CCO2)c1-c1ccc(CN)cc1. The summed E-state index contributed by atoms with van der Waals surface area (Å²) in [5, 5.41) is 10.3. The average Bonchev–Trinajstić information content (AvgIpc) is 2.72. The summed E-state index contributed by atoms with van der Waals surface area (Å²) in [5.74, 6) is 1.34. The highest BCUT2D eigenvalue weighted by Gasteiger charge is 2.22. The van der Waals surface area contributed by atoms with Crippen LogP contribution in [-0.2, 0) is 22.5 Å². The third-order valence-corrected chi connectivity index (χ3v) is 5.66. The summed E-state index contributed by atoms with van der Waals surface area (Å²) in [6, 6.07) is 11.4. The first-order valence-corrected chi connectivity index (χ1v) is 10.3. The van der Waals surface area contributed by atoms with Crippen LogP contribution in [0.3, 0.4) is 0 Å². The summed E-state index contributed by atoms with van der Waals surface area (Å²) in [4.78, 5) is 12.6. The normalized spacial score (nSPS) is 19.1. The standard InChI is InChI=1S/C24H31NO4/c1-16-11-12-29-21(13-16)14-20(26)9-7-19-8-10-22(27)24(28-2)23(19)18-5-3-17(15-25)4-6-18/h3-6,8,10,16,21,27H,7,9,11-15,25H2,1-2H3. The number of ketones is 1. The van der Waals surface area contributed by atoms with E-state index in [0.29, 0.717) is 37.5 Å². The van der Waals surface area contributed by atoms with E-state index in [0.717, 1.165) is 41.7 Å². The predicted molar refractivity (Wildman–Crippen MR) is 114 cm³/mol. The number of phenolic OH excluding ortho intramolecular Hbond substituents is 1. The average molecular weight is 398 g/mol. The van der Waals surface area contributed by atoms with Gasteiger partial charge in [-0.15, -0.1) is 0 Å². The second-order valence-corrected chi connectivity index (χ2v) is 7.92. The second kappa shape index (κ2) is 9.90. The second-order valence-electron chi connectivity index (χ2n) is 7.92. The maximum Gasteiger partial charge on any atom is 0.168 e. The number of aromatic hydroxyl groups is 1. The molecule has 5 nitrogen and oxygen atoms in total. The lowest BCUT2D eigenvalue weighted by Crippen LogP contribution is -2.26. The largest absolute Gasteiger partial charge is 0.504 e. The zero-order chi connectivity index (χ0) is 20.8. The van der Waals surface area contributed by atoms with Gasteiger partial charge in [-0.3, -0.25) is 4.79 Å². The summed E-state index contributed by atoms with van der Waals surface area (Å²) < 4.78 is 11.2. The van der Waals surface area contributed by atoms with E-state index < -0.39 is 0 Å². The summed E-state index contributed by atoms with van der Waals surface area (Å²) in [6.45, 7) is 3.43. The zero-order valence-corrected chi connectivity index (χ0v) is 17.3. The van der Waals surface area contributed by atoms with Crippen LogP contribution < -0.4 is 10.5 Å². The van der Waals surface area contributed by atoms with Crippen LogP contribution in [0.4, 0.5) is 0 Å². The Labute approximate surface area is 172 Å². The molecule has 2 unspecified atom stereocenters. The Balaban J connectivity index is 1.77. The van der Waals surface area contributed by atoms with Crippen molar-refractivity contribution < 1.29 is 19.4 Å². The lowest BCUT2D eigenvalue weighted by Gasteiger charge is -2.26. The van der Waals surface area contributed by atoms with Crippen LogP contribution in [0.2, 0.25) is 0 Å². The van der Waals surface area contributed by atoms with E-state index in [1.165, 1.54) is 0 Å². The van der Waals surface area contributed by atoms with E-state index in [1.54, 1.807) is 13.2 Å². The van der Waals surface area contributed by atoms with Crippen LogP contribution in [0.1, 0.15) is 43.7 Å². The first-order valence-electron chi connectivity index (χ1n) is 10.3. The van der Waals surface area contributed by atoms with E-state index >= 15 is 0 Å². The smallest absolute Gasteiger partial charge is 0.168 e. The predicted octanol–water partition coefficient (Wildman–Crippen LogP) is 4.23. The molecular weight excluding hydrogens is 366 g/mol. The molecule has 1 heterocycles. The van der Waals surface area contributed by atoms with Gasteiger partial charge in [0.05, 0.1) is 13.2 Å². The Morgan fingerprint density at radius 2 is 2.00 bits per heavy atom. The van der Waals surface area contributed by atoms with Gasteiger partial charge in [0.25, 0.3) is 0 Å². The van der Waals surface area contributed by atoms with Gasteiger partial charge < -0.3 is 20.3 Å². The fourth-order valence-electron chi connectivity index (χ4n) is 3.99. The minimum Gasteiger partial charge on any atom is -0.504 e. The maximum absolute atomic E-state index is 12.6. The van der Waals surface area contributed by atoms with Gasteiger partial charge in [-0.2, -0.15) is 0 Å². The van der Waals surface area contributed by atoms with Gasteiger partial charge in [0, 0.05) is 31.6 Å². The number of ether oxygens (including phenoxy) is 2. The minimum atomic E-state index is 0.0453. The third kappa shape index (κ3) is 5.37. The highest BCUT2D eigenvalue weighted by atomic mass is 16.5. The number of aryl methyl sites for hydroxylation is 1. The number of carbonyl (C=O) groups is 1. The topological polar surface area (TPSA) is 81.8 Å². The fourth-order valence-corrected chi connectivity index (χ4v) is 3.99. The molecule has 3 rings (SSSR count). The molecule has 2 aromatic carbocycles. The quantitative estimate of drug-likeness (QED) is 0.696. The highest BCUT2D eigenvalue weighted by Crippen LogP contribution is 2.40. The van der Waals surface area contributed by atoms with Crippen molar-refractivity contribution in [1.29, 1.82) is 0 Å². The first-order chi connectivity index (χ1) is 14.0. The van der Waals surface area contributed by atoms with Crippen molar-refractivity contribution in [2.45, 2.75) is 51.7 Å². The number of hydrogen-bond acceptors (Lipinski definition) is 5. The molecule has 2 aromatic rings. The van der Waals surface area contributed by atoms with Crippen LogP contribution in [0.15, 0.2) is 36.4 Å². The van der Waals surface area contributed by atoms with Gasteiger partial charge in [-0.25, -0.2) is 0 Å².